The van der Waals surface area contributed by atoms with Crippen LogP contribution in [0.25, 0.3) is 0 Å². The first-order valence-electron chi connectivity index (χ1n) is 8.94. The molecule has 2 saturated heterocycles. The number of rotatable bonds is 5. The van der Waals surface area contributed by atoms with Crippen molar-refractivity contribution >= 4 is 23.8 Å². The minimum atomic E-state index is -0.798. The maximum atomic E-state index is 12.4. The molecule has 2 aliphatic heterocycles. The molecule has 0 aromatic heterocycles. The lowest BCUT2D eigenvalue weighted by Crippen LogP contribution is -2.35. The summed E-state index contributed by atoms with van der Waals surface area (Å²) in [6.07, 6.45) is 2.06. The van der Waals surface area contributed by atoms with Gasteiger partial charge in [0.1, 0.15) is 0 Å². The first-order chi connectivity index (χ1) is 12.4. The van der Waals surface area contributed by atoms with Gasteiger partial charge in [-0.05, 0) is 36.5 Å². The van der Waals surface area contributed by atoms with Crippen molar-refractivity contribution in [3.8, 4) is 0 Å². The van der Waals surface area contributed by atoms with Gasteiger partial charge in [-0.1, -0.05) is 26.0 Å². The van der Waals surface area contributed by atoms with Crippen LogP contribution >= 0.6 is 0 Å². The number of imide groups is 2. The van der Waals surface area contributed by atoms with Crippen LogP contribution in [0.2, 0.25) is 0 Å². The van der Waals surface area contributed by atoms with Crippen LogP contribution in [-0.2, 0) is 16.1 Å². The van der Waals surface area contributed by atoms with Crippen LogP contribution in [0, 0.1) is 5.92 Å². The molecule has 26 heavy (non-hydrogen) atoms. The van der Waals surface area contributed by atoms with Crippen LogP contribution in [0.1, 0.15) is 42.6 Å². The van der Waals surface area contributed by atoms with E-state index >= 15 is 0 Å². The minimum absolute atomic E-state index is 0.000613. The molecule has 0 spiro atoms. The van der Waals surface area contributed by atoms with Crippen molar-refractivity contribution in [2.75, 3.05) is 19.6 Å². The van der Waals surface area contributed by atoms with Crippen molar-refractivity contribution in [2.45, 2.75) is 33.2 Å². The summed E-state index contributed by atoms with van der Waals surface area (Å²) < 4.78 is 0. The molecule has 0 aliphatic carbocycles. The largest absolute Gasteiger partial charge is 0.339 e. The molecule has 7 heteroatoms. The van der Waals surface area contributed by atoms with Crippen molar-refractivity contribution in [1.29, 1.82) is 0 Å². The molecule has 138 valence electrons. The molecule has 2 aliphatic rings. The smallest absolute Gasteiger partial charge is 0.334 e. The van der Waals surface area contributed by atoms with E-state index in [0.29, 0.717) is 11.1 Å². The molecule has 3 rings (SSSR count). The van der Waals surface area contributed by atoms with Crippen LogP contribution in [0.5, 0.6) is 0 Å². The molecular weight excluding hydrogens is 334 g/mol. The maximum Gasteiger partial charge on any atom is 0.334 e. The van der Waals surface area contributed by atoms with Crippen molar-refractivity contribution in [1.82, 2.24) is 14.7 Å². The molecule has 1 aromatic rings. The molecule has 0 radical (unpaired) electrons. The van der Waals surface area contributed by atoms with Gasteiger partial charge in [-0.3, -0.25) is 24.2 Å². The van der Waals surface area contributed by atoms with Crippen LogP contribution in [-0.4, -0.2) is 58.1 Å². The van der Waals surface area contributed by atoms with E-state index in [9.17, 15) is 19.2 Å². The summed E-state index contributed by atoms with van der Waals surface area (Å²) >= 11 is 0. The fourth-order valence-corrected chi connectivity index (χ4v) is 3.25. The number of benzene rings is 1. The summed E-state index contributed by atoms with van der Waals surface area (Å²) in [5.74, 6) is -1.48. The Bertz CT molecular complexity index is 736. The topological polar surface area (TPSA) is 78.0 Å². The number of carbonyl (C=O) groups is 4. The lowest BCUT2D eigenvalue weighted by Gasteiger charge is -2.18. The van der Waals surface area contributed by atoms with Gasteiger partial charge in [0.2, 0.25) is 0 Å². The number of hydrogen-bond acceptors (Lipinski definition) is 4. The average Bonchev–Trinajstić information content (AvgIpc) is 3.22. The first kappa shape index (κ1) is 18.1. The highest BCUT2D eigenvalue weighted by molar-refractivity contribution is 6.44. The highest BCUT2D eigenvalue weighted by Gasteiger charge is 2.44. The van der Waals surface area contributed by atoms with Crippen LogP contribution in [0.15, 0.2) is 24.3 Å². The van der Waals surface area contributed by atoms with Gasteiger partial charge < -0.3 is 4.90 Å². The number of amides is 5. The van der Waals surface area contributed by atoms with Crippen molar-refractivity contribution < 1.29 is 19.2 Å². The Labute approximate surface area is 152 Å². The van der Waals surface area contributed by atoms with Crippen LogP contribution < -0.4 is 0 Å². The van der Waals surface area contributed by atoms with E-state index in [0.717, 1.165) is 35.7 Å². The third-order valence-corrected chi connectivity index (χ3v) is 4.62. The zero-order chi connectivity index (χ0) is 18.8. The molecular formula is C19H23N3O4. The monoisotopic (exact) mass is 357 g/mol. The summed E-state index contributed by atoms with van der Waals surface area (Å²) in [4.78, 5) is 52.6. The van der Waals surface area contributed by atoms with Gasteiger partial charge in [-0.2, -0.15) is 0 Å². The fraction of sp³-hybridized carbons (Fsp3) is 0.474. The number of carbonyl (C=O) groups excluding carboxylic acids is 4. The first-order valence-corrected chi connectivity index (χ1v) is 8.94. The van der Waals surface area contributed by atoms with E-state index in [4.69, 9.17) is 0 Å². The maximum absolute atomic E-state index is 12.4. The molecule has 0 atom stereocenters. The number of likely N-dealkylation sites (tertiary alicyclic amines) is 1. The molecule has 0 saturated carbocycles. The quantitative estimate of drug-likeness (QED) is 0.595. The fourth-order valence-electron chi connectivity index (χ4n) is 3.25. The van der Waals surface area contributed by atoms with E-state index in [1.54, 1.807) is 24.3 Å². The lowest BCUT2D eigenvalue weighted by molar-refractivity contribution is -0.143. The summed E-state index contributed by atoms with van der Waals surface area (Å²) in [7, 11) is 0. The molecule has 5 amide bonds. The van der Waals surface area contributed by atoms with E-state index in [2.05, 4.69) is 0 Å². The second-order valence-electron chi connectivity index (χ2n) is 7.18. The zero-order valence-electron chi connectivity index (χ0n) is 15.1. The zero-order valence-corrected chi connectivity index (χ0v) is 15.1. The van der Waals surface area contributed by atoms with Gasteiger partial charge in [0, 0.05) is 25.2 Å². The second kappa shape index (κ2) is 7.27. The summed E-state index contributed by atoms with van der Waals surface area (Å²) in [6.45, 7) is 5.57. The predicted octanol–water partition coefficient (Wildman–Crippen LogP) is 1.87. The van der Waals surface area contributed by atoms with Crippen LogP contribution in [0.3, 0.4) is 0 Å². The van der Waals surface area contributed by atoms with Gasteiger partial charge in [-0.15, -0.1) is 0 Å². The Morgan fingerprint density at radius 3 is 2.12 bits per heavy atom. The highest BCUT2D eigenvalue weighted by atomic mass is 16.2. The van der Waals surface area contributed by atoms with E-state index in [-0.39, 0.29) is 24.9 Å². The highest BCUT2D eigenvalue weighted by Crippen LogP contribution is 2.19. The second-order valence-corrected chi connectivity index (χ2v) is 7.18. The lowest BCUT2D eigenvalue weighted by atomic mass is 10.1. The van der Waals surface area contributed by atoms with Crippen LogP contribution in [0.4, 0.5) is 4.79 Å². The summed E-state index contributed by atoms with van der Waals surface area (Å²) in [5, 5.41) is 0. The van der Waals surface area contributed by atoms with Gasteiger partial charge >= 0.3 is 17.8 Å². The number of nitrogens with zero attached hydrogens (tertiary/aromatic N) is 3. The van der Waals surface area contributed by atoms with Gasteiger partial charge in [-0.25, -0.2) is 4.79 Å². The molecule has 0 bridgehead atoms. The molecule has 0 unspecified atom stereocenters. The normalized spacial score (nSPS) is 17.8. The van der Waals surface area contributed by atoms with Crippen molar-refractivity contribution in [2.24, 2.45) is 5.92 Å². The standard InChI is InChI=1S/C19H23N3O4/c1-13(2)11-21-17(24)18(25)22(19(21)26)12-14-5-7-15(8-6-14)16(23)20-9-3-4-10-20/h5-8,13H,3-4,9-12H2,1-2H3. The predicted molar refractivity (Wildman–Crippen MR) is 94.1 cm³/mol. The van der Waals surface area contributed by atoms with Crippen molar-refractivity contribution in [3.63, 3.8) is 0 Å². The Kier molecular flexibility index (Phi) is 5.06. The number of hydrogen-bond donors (Lipinski definition) is 0. The average molecular weight is 357 g/mol. The summed E-state index contributed by atoms with van der Waals surface area (Å²) in [5.41, 5.74) is 1.29. The molecule has 1 aromatic carbocycles. The minimum Gasteiger partial charge on any atom is -0.339 e. The Hall–Kier alpha value is -2.70. The number of urea groups is 1. The van der Waals surface area contributed by atoms with E-state index in [1.807, 2.05) is 18.7 Å². The third-order valence-electron chi connectivity index (χ3n) is 4.62. The van der Waals surface area contributed by atoms with E-state index < -0.39 is 17.8 Å². The Morgan fingerprint density at radius 1 is 0.962 bits per heavy atom. The molecule has 0 N–H and O–H groups in total. The SMILES string of the molecule is CC(C)CN1C(=O)C(=O)N(Cc2ccc(C(=O)N3CCCC3)cc2)C1=O. The van der Waals surface area contributed by atoms with Gasteiger partial charge in [0.05, 0.1) is 6.54 Å². The van der Waals surface area contributed by atoms with Gasteiger partial charge in [0.25, 0.3) is 5.91 Å². The van der Waals surface area contributed by atoms with E-state index in [1.165, 1.54) is 0 Å². The van der Waals surface area contributed by atoms with Crippen molar-refractivity contribution in [3.05, 3.63) is 35.4 Å². The van der Waals surface area contributed by atoms with Gasteiger partial charge in [0.15, 0.2) is 0 Å². The molecule has 7 nitrogen and oxygen atoms in total. The summed E-state index contributed by atoms with van der Waals surface area (Å²) in [6, 6.07) is 6.27. The molecule has 2 fully saturated rings. The third kappa shape index (κ3) is 3.47. The Morgan fingerprint density at radius 2 is 1.54 bits per heavy atom. The Balaban J connectivity index is 1.69. The molecule has 2 heterocycles.